The fourth-order valence-electron chi connectivity index (χ4n) is 2.59. The Hall–Kier alpha value is -3.74. The zero-order valence-corrected chi connectivity index (χ0v) is 15.5. The Morgan fingerprint density at radius 1 is 0.862 bits per heavy atom. The SMILES string of the molecule is CCOc1ccc(NC(=O)c2cccc(C(=O)Nc3ccc(F)cc3F)c2)cc1. The number of benzene rings is 3. The molecule has 0 fully saturated rings. The van der Waals surface area contributed by atoms with E-state index < -0.39 is 23.4 Å². The average Bonchev–Trinajstić information content (AvgIpc) is 2.72. The molecule has 0 saturated carbocycles. The molecule has 29 heavy (non-hydrogen) atoms. The van der Waals surface area contributed by atoms with E-state index in [1.165, 1.54) is 12.1 Å². The Labute approximate surface area is 166 Å². The molecular formula is C22H18F2N2O3. The zero-order chi connectivity index (χ0) is 20.8. The number of ether oxygens (including phenoxy) is 1. The van der Waals surface area contributed by atoms with Crippen LogP contribution in [0, 0.1) is 11.6 Å². The molecule has 0 spiro atoms. The summed E-state index contributed by atoms with van der Waals surface area (Å²) in [6.45, 7) is 2.42. The van der Waals surface area contributed by atoms with Crippen molar-refractivity contribution in [3.8, 4) is 5.75 Å². The Morgan fingerprint density at radius 3 is 2.14 bits per heavy atom. The molecule has 148 valence electrons. The molecule has 0 radical (unpaired) electrons. The molecule has 0 aliphatic carbocycles. The first-order chi connectivity index (χ1) is 14.0. The maximum atomic E-state index is 13.7. The van der Waals surface area contributed by atoms with Crippen molar-refractivity contribution in [2.75, 3.05) is 17.2 Å². The van der Waals surface area contributed by atoms with Crippen molar-refractivity contribution in [3.63, 3.8) is 0 Å². The Bertz CT molecular complexity index is 1040. The minimum atomic E-state index is -0.886. The fraction of sp³-hybridized carbons (Fsp3) is 0.0909. The van der Waals surface area contributed by atoms with Crippen molar-refractivity contribution < 1.29 is 23.1 Å². The fourth-order valence-corrected chi connectivity index (χ4v) is 2.59. The molecule has 2 N–H and O–H groups in total. The Balaban J connectivity index is 1.70. The normalized spacial score (nSPS) is 10.3. The van der Waals surface area contributed by atoms with E-state index in [9.17, 15) is 18.4 Å². The number of carbonyl (C=O) groups is 2. The van der Waals surface area contributed by atoms with Crippen LogP contribution >= 0.6 is 0 Å². The highest BCUT2D eigenvalue weighted by Gasteiger charge is 2.13. The summed E-state index contributed by atoms with van der Waals surface area (Å²) in [5, 5.41) is 5.09. The molecule has 3 aromatic carbocycles. The van der Waals surface area contributed by atoms with Crippen LogP contribution in [0.5, 0.6) is 5.75 Å². The third kappa shape index (κ3) is 5.16. The van der Waals surface area contributed by atoms with Crippen LogP contribution in [0.3, 0.4) is 0 Å². The first-order valence-corrected chi connectivity index (χ1v) is 8.87. The predicted molar refractivity (Wildman–Crippen MR) is 106 cm³/mol. The molecule has 0 unspecified atom stereocenters. The number of amides is 2. The van der Waals surface area contributed by atoms with Gasteiger partial charge in [0.05, 0.1) is 12.3 Å². The minimum Gasteiger partial charge on any atom is -0.494 e. The number of rotatable bonds is 6. The van der Waals surface area contributed by atoms with Gasteiger partial charge in [-0.1, -0.05) is 6.07 Å². The van der Waals surface area contributed by atoms with Crippen LogP contribution in [0.1, 0.15) is 27.6 Å². The van der Waals surface area contributed by atoms with Gasteiger partial charge >= 0.3 is 0 Å². The van der Waals surface area contributed by atoms with Crippen molar-refractivity contribution in [1.82, 2.24) is 0 Å². The van der Waals surface area contributed by atoms with Crippen molar-refractivity contribution in [3.05, 3.63) is 89.5 Å². The summed E-state index contributed by atoms with van der Waals surface area (Å²) in [4.78, 5) is 24.8. The maximum Gasteiger partial charge on any atom is 0.255 e. The van der Waals surface area contributed by atoms with E-state index in [4.69, 9.17) is 4.74 Å². The van der Waals surface area contributed by atoms with Crippen molar-refractivity contribution >= 4 is 23.2 Å². The Kier molecular flexibility index (Phi) is 6.19. The van der Waals surface area contributed by atoms with E-state index >= 15 is 0 Å². The van der Waals surface area contributed by atoms with Gasteiger partial charge in [0.25, 0.3) is 11.8 Å². The molecule has 2 amide bonds. The summed E-state index contributed by atoms with van der Waals surface area (Å²) >= 11 is 0. The van der Waals surface area contributed by atoms with E-state index in [0.29, 0.717) is 24.1 Å². The van der Waals surface area contributed by atoms with Crippen molar-refractivity contribution in [2.24, 2.45) is 0 Å². The van der Waals surface area contributed by atoms with Crippen molar-refractivity contribution in [2.45, 2.75) is 6.92 Å². The first-order valence-electron chi connectivity index (χ1n) is 8.87. The second-order valence-corrected chi connectivity index (χ2v) is 6.07. The van der Waals surface area contributed by atoms with Crippen LogP contribution in [0.2, 0.25) is 0 Å². The summed E-state index contributed by atoms with van der Waals surface area (Å²) in [7, 11) is 0. The Morgan fingerprint density at radius 2 is 1.52 bits per heavy atom. The van der Waals surface area contributed by atoms with Crippen LogP contribution in [-0.2, 0) is 0 Å². The van der Waals surface area contributed by atoms with E-state index in [-0.39, 0.29) is 16.8 Å². The topological polar surface area (TPSA) is 67.4 Å². The molecular weight excluding hydrogens is 378 g/mol. The van der Waals surface area contributed by atoms with Crippen LogP contribution in [-0.4, -0.2) is 18.4 Å². The lowest BCUT2D eigenvalue weighted by atomic mass is 10.1. The van der Waals surface area contributed by atoms with Gasteiger partial charge in [0.2, 0.25) is 0 Å². The molecule has 7 heteroatoms. The number of hydrogen-bond acceptors (Lipinski definition) is 3. The molecule has 0 aliphatic rings. The highest BCUT2D eigenvalue weighted by molar-refractivity contribution is 6.08. The van der Waals surface area contributed by atoms with E-state index in [0.717, 1.165) is 12.1 Å². The molecule has 5 nitrogen and oxygen atoms in total. The first kappa shape index (κ1) is 20.0. The summed E-state index contributed by atoms with van der Waals surface area (Å²) in [6, 6.07) is 15.7. The number of halogens is 2. The quantitative estimate of drug-likeness (QED) is 0.625. The summed E-state index contributed by atoms with van der Waals surface area (Å²) in [5.74, 6) is -1.96. The van der Waals surface area contributed by atoms with Gasteiger partial charge in [0, 0.05) is 22.9 Å². The monoisotopic (exact) mass is 396 g/mol. The zero-order valence-electron chi connectivity index (χ0n) is 15.5. The van der Waals surface area contributed by atoms with Gasteiger partial charge in [-0.05, 0) is 61.5 Å². The van der Waals surface area contributed by atoms with Crippen LogP contribution in [0.4, 0.5) is 20.2 Å². The molecule has 0 aromatic heterocycles. The van der Waals surface area contributed by atoms with Gasteiger partial charge in [-0.2, -0.15) is 0 Å². The highest BCUT2D eigenvalue weighted by atomic mass is 19.1. The van der Waals surface area contributed by atoms with Gasteiger partial charge in [-0.3, -0.25) is 9.59 Å². The molecule has 0 aliphatic heterocycles. The number of anilines is 2. The van der Waals surface area contributed by atoms with Gasteiger partial charge < -0.3 is 15.4 Å². The number of carbonyl (C=O) groups excluding carboxylic acids is 2. The van der Waals surface area contributed by atoms with Crippen molar-refractivity contribution in [1.29, 1.82) is 0 Å². The molecule has 3 rings (SSSR count). The third-order valence-corrected chi connectivity index (χ3v) is 3.99. The lowest BCUT2D eigenvalue weighted by molar-refractivity contribution is 0.102. The van der Waals surface area contributed by atoms with Gasteiger partial charge in [-0.15, -0.1) is 0 Å². The third-order valence-electron chi connectivity index (χ3n) is 3.99. The van der Waals surface area contributed by atoms with Crippen LogP contribution in [0.15, 0.2) is 66.7 Å². The molecule has 0 saturated heterocycles. The summed E-state index contributed by atoms with van der Waals surface area (Å²) < 4.78 is 32.1. The lowest BCUT2D eigenvalue weighted by Gasteiger charge is -2.09. The van der Waals surface area contributed by atoms with Gasteiger partial charge in [0.1, 0.15) is 17.4 Å². The molecule has 0 atom stereocenters. The minimum absolute atomic E-state index is 0.152. The molecule has 0 heterocycles. The molecule has 0 bridgehead atoms. The number of nitrogens with one attached hydrogen (secondary N) is 2. The second-order valence-electron chi connectivity index (χ2n) is 6.07. The van der Waals surface area contributed by atoms with E-state index in [2.05, 4.69) is 10.6 Å². The summed E-state index contributed by atoms with van der Waals surface area (Å²) in [6.07, 6.45) is 0. The standard InChI is InChI=1S/C22H18F2N2O3/c1-2-29-18-9-7-17(8-10-18)25-21(27)14-4-3-5-15(12-14)22(28)26-20-11-6-16(23)13-19(20)24/h3-13H,2H2,1H3,(H,25,27)(H,26,28). The summed E-state index contributed by atoms with van der Waals surface area (Å²) in [5.41, 5.74) is 0.835. The molecule has 3 aromatic rings. The van der Waals surface area contributed by atoms with Gasteiger partial charge in [0.15, 0.2) is 0 Å². The van der Waals surface area contributed by atoms with Crippen LogP contribution < -0.4 is 15.4 Å². The lowest BCUT2D eigenvalue weighted by Crippen LogP contribution is -2.16. The largest absolute Gasteiger partial charge is 0.494 e. The van der Waals surface area contributed by atoms with E-state index in [1.807, 2.05) is 6.92 Å². The average molecular weight is 396 g/mol. The van der Waals surface area contributed by atoms with Crippen LogP contribution in [0.25, 0.3) is 0 Å². The second kappa shape index (κ2) is 8.97. The smallest absolute Gasteiger partial charge is 0.255 e. The van der Waals surface area contributed by atoms with Gasteiger partial charge in [-0.25, -0.2) is 8.78 Å². The highest BCUT2D eigenvalue weighted by Crippen LogP contribution is 2.18. The maximum absolute atomic E-state index is 13.7. The van der Waals surface area contributed by atoms with E-state index in [1.54, 1.807) is 36.4 Å². The number of hydrogen-bond donors (Lipinski definition) is 2. The predicted octanol–water partition coefficient (Wildman–Crippen LogP) is 4.87.